The number of benzene rings is 2. The van der Waals surface area contributed by atoms with E-state index in [1.165, 1.54) is 11.8 Å². The highest BCUT2D eigenvalue weighted by Gasteiger charge is 2.13. The lowest BCUT2D eigenvalue weighted by Crippen LogP contribution is -2.24. The van der Waals surface area contributed by atoms with Gasteiger partial charge < -0.3 is 9.84 Å². The summed E-state index contributed by atoms with van der Waals surface area (Å²) in [6, 6.07) is 11.0. The van der Waals surface area contributed by atoms with Crippen LogP contribution >= 0.6 is 31.9 Å². The first-order valence-electron chi connectivity index (χ1n) is 7.90. The SMILES string of the molecule is CC(C)(C)c1ccc(OCC(=O)NN=Cc2cc(Br)cc(Br)c2O)cc1. The van der Waals surface area contributed by atoms with Crippen molar-refractivity contribution < 1.29 is 14.6 Å². The molecule has 0 aliphatic heterocycles. The molecule has 1 amide bonds. The molecule has 0 aromatic heterocycles. The third-order valence-corrected chi connectivity index (χ3v) is 4.60. The van der Waals surface area contributed by atoms with Crippen LogP contribution in [0.3, 0.4) is 0 Å². The lowest BCUT2D eigenvalue weighted by molar-refractivity contribution is -0.123. The van der Waals surface area contributed by atoms with Gasteiger partial charge in [-0.3, -0.25) is 4.79 Å². The Morgan fingerprint density at radius 1 is 1.23 bits per heavy atom. The monoisotopic (exact) mass is 482 g/mol. The molecule has 26 heavy (non-hydrogen) atoms. The second kappa shape index (κ2) is 8.68. The van der Waals surface area contributed by atoms with Crippen LogP contribution in [0.15, 0.2) is 50.4 Å². The molecule has 0 aliphatic carbocycles. The van der Waals surface area contributed by atoms with E-state index in [1.54, 1.807) is 12.1 Å². The smallest absolute Gasteiger partial charge is 0.277 e. The molecule has 2 aromatic rings. The number of rotatable bonds is 5. The number of phenols is 1. The number of hydrogen-bond acceptors (Lipinski definition) is 4. The van der Waals surface area contributed by atoms with E-state index in [0.29, 0.717) is 15.8 Å². The number of hydrogen-bond donors (Lipinski definition) is 2. The van der Waals surface area contributed by atoms with Crippen LogP contribution in [0.2, 0.25) is 0 Å². The number of aromatic hydroxyl groups is 1. The molecule has 2 N–H and O–H groups in total. The Bertz CT molecular complexity index is 813. The fourth-order valence-electron chi connectivity index (χ4n) is 2.09. The van der Waals surface area contributed by atoms with Crippen LogP contribution in [0.4, 0.5) is 0 Å². The summed E-state index contributed by atoms with van der Waals surface area (Å²) in [4.78, 5) is 11.8. The van der Waals surface area contributed by atoms with Crippen molar-refractivity contribution in [2.45, 2.75) is 26.2 Å². The molecule has 0 aliphatic rings. The Labute approximate surface area is 169 Å². The Kier molecular flexibility index (Phi) is 6.83. The average Bonchev–Trinajstić information content (AvgIpc) is 2.57. The summed E-state index contributed by atoms with van der Waals surface area (Å²) < 4.78 is 6.75. The van der Waals surface area contributed by atoms with Crippen molar-refractivity contribution in [3.63, 3.8) is 0 Å². The summed E-state index contributed by atoms with van der Waals surface area (Å²) >= 11 is 6.56. The summed E-state index contributed by atoms with van der Waals surface area (Å²) in [6.07, 6.45) is 1.36. The van der Waals surface area contributed by atoms with Crippen LogP contribution in [-0.2, 0) is 10.2 Å². The summed E-state index contributed by atoms with van der Waals surface area (Å²) in [5.41, 5.74) is 4.09. The molecule has 0 saturated heterocycles. The van der Waals surface area contributed by atoms with Gasteiger partial charge in [0, 0.05) is 10.0 Å². The summed E-state index contributed by atoms with van der Waals surface area (Å²) in [5, 5.41) is 13.8. The third-order valence-electron chi connectivity index (χ3n) is 3.54. The largest absolute Gasteiger partial charge is 0.506 e. The van der Waals surface area contributed by atoms with E-state index in [0.717, 1.165) is 4.47 Å². The normalized spacial score (nSPS) is 11.6. The first-order valence-corrected chi connectivity index (χ1v) is 9.48. The van der Waals surface area contributed by atoms with Crippen LogP contribution in [0, 0.1) is 0 Å². The molecule has 0 unspecified atom stereocenters. The molecule has 0 bridgehead atoms. The standard InChI is InChI=1S/C19H20Br2N2O3/c1-19(2,3)13-4-6-15(7-5-13)26-11-17(24)23-22-10-12-8-14(20)9-16(21)18(12)25/h4-10,25H,11H2,1-3H3,(H,23,24). The van der Waals surface area contributed by atoms with Crippen LogP contribution in [-0.4, -0.2) is 23.8 Å². The van der Waals surface area contributed by atoms with Gasteiger partial charge in [0.25, 0.3) is 5.91 Å². The van der Waals surface area contributed by atoms with E-state index in [9.17, 15) is 9.90 Å². The molecule has 2 rings (SSSR count). The topological polar surface area (TPSA) is 70.9 Å². The number of halogens is 2. The quantitative estimate of drug-likeness (QED) is 0.476. The molecule has 138 valence electrons. The van der Waals surface area contributed by atoms with Crippen molar-refractivity contribution in [1.82, 2.24) is 5.43 Å². The molecule has 2 aromatic carbocycles. The first kappa shape index (κ1) is 20.5. The number of nitrogens with zero attached hydrogens (tertiary/aromatic N) is 1. The molecular weight excluding hydrogens is 464 g/mol. The average molecular weight is 484 g/mol. The van der Waals surface area contributed by atoms with E-state index >= 15 is 0 Å². The second-order valence-electron chi connectivity index (χ2n) is 6.68. The van der Waals surface area contributed by atoms with Crippen molar-refractivity contribution in [2.24, 2.45) is 5.10 Å². The van der Waals surface area contributed by atoms with Crippen molar-refractivity contribution in [3.8, 4) is 11.5 Å². The van der Waals surface area contributed by atoms with Gasteiger partial charge in [-0.15, -0.1) is 0 Å². The second-order valence-corrected chi connectivity index (χ2v) is 8.45. The molecule has 0 saturated carbocycles. The number of nitrogens with one attached hydrogen (secondary N) is 1. The van der Waals surface area contributed by atoms with Crippen molar-refractivity contribution in [3.05, 3.63) is 56.5 Å². The highest BCUT2D eigenvalue weighted by atomic mass is 79.9. The van der Waals surface area contributed by atoms with Crippen molar-refractivity contribution in [1.29, 1.82) is 0 Å². The molecule has 0 fully saturated rings. The fraction of sp³-hybridized carbons (Fsp3) is 0.263. The zero-order chi connectivity index (χ0) is 19.3. The maximum atomic E-state index is 11.8. The zero-order valence-corrected chi connectivity index (χ0v) is 17.9. The predicted molar refractivity (Wildman–Crippen MR) is 110 cm³/mol. The Balaban J connectivity index is 1.88. The van der Waals surface area contributed by atoms with Gasteiger partial charge in [0.05, 0.1) is 10.7 Å². The Hall–Kier alpha value is -1.86. The minimum Gasteiger partial charge on any atom is -0.506 e. The molecule has 7 heteroatoms. The number of carbonyl (C=O) groups excluding carboxylic acids is 1. The van der Waals surface area contributed by atoms with Gasteiger partial charge in [-0.2, -0.15) is 5.10 Å². The van der Waals surface area contributed by atoms with E-state index < -0.39 is 5.91 Å². The van der Waals surface area contributed by atoms with Gasteiger partial charge in [-0.1, -0.05) is 48.8 Å². The highest BCUT2D eigenvalue weighted by molar-refractivity contribution is 9.11. The van der Waals surface area contributed by atoms with E-state index in [-0.39, 0.29) is 17.8 Å². The van der Waals surface area contributed by atoms with Gasteiger partial charge in [0.1, 0.15) is 11.5 Å². The molecule has 0 radical (unpaired) electrons. The predicted octanol–water partition coefficient (Wildman–Crippen LogP) is 4.74. The van der Waals surface area contributed by atoms with E-state index in [2.05, 4.69) is 63.2 Å². The number of phenolic OH excluding ortho intramolecular Hbond substituents is 1. The van der Waals surface area contributed by atoms with Crippen LogP contribution in [0.5, 0.6) is 11.5 Å². The fourth-order valence-corrected chi connectivity index (χ4v) is 3.35. The van der Waals surface area contributed by atoms with Crippen LogP contribution in [0.25, 0.3) is 0 Å². The number of amides is 1. The highest BCUT2D eigenvalue weighted by Crippen LogP contribution is 2.30. The van der Waals surface area contributed by atoms with Crippen molar-refractivity contribution >= 4 is 44.0 Å². The van der Waals surface area contributed by atoms with Gasteiger partial charge >= 0.3 is 0 Å². The van der Waals surface area contributed by atoms with Crippen molar-refractivity contribution in [2.75, 3.05) is 6.61 Å². The van der Waals surface area contributed by atoms with Crippen LogP contribution < -0.4 is 10.2 Å². The summed E-state index contributed by atoms with van der Waals surface area (Å²) in [6.45, 7) is 6.25. The maximum Gasteiger partial charge on any atom is 0.277 e. The zero-order valence-electron chi connectivity index (χ0n) is 14.7. The Morgan fingerprint density at radius 2 is 1.88 bits per heavy atom. The molecular formula is C19H20Br2N2O3. The van der Waals surface area contributed by atoms with E-state index in [1.807, 2.05) is 24.3 Å². The molecule has 0 atom stereocenters. The molecule has 5 nitrogen and oxygen atoms in total. The van der Waals surface area contributed by atoms with Gasteiger partial charge in [0.15, 0.2) is 6.61 Å². The molecule has 0 heterocycles. The Morgan fingerprint density at radius 3 is 2.50 bits per heavy atom. The lowest BCUT2D eigenvalue weighted by atomic mass is 9.87. The number of ether oxygens (including phenoxy) is 1. The van der Waals surface area contributed by atoms with Gasteiger partial charge in [-0.05, 0) is 51.2 Å². The minimum atomic E-state index is -0.394. The molecule has 0 spiro atoms. The number of carbonyl (C=O) groups is 1. The van der Waals surface area contributed by atoms with Gasteiger partial charge in [0.2, 0.25) is 0 Å². The third kappa shape index (κ3) is 5.85. The lowest BCUT2D eigenvalue weighted by Gasteiger charge is -2.19. The van der Waals surface area contributed by atoms with Gasteiger partial charge in [-0.25, -0.2) is 5.43 Å². The summed E-state index contributed by atoms with van der Waals surface area (Å²) in [7, 11) is 0. The van der Waals surface area contributed by atoms with E-state index in [4.69, 9.17) is 4.74 Å². The number of hydrazone groups is 1. The van der Waals surface area contributed by atoms with Crippen LogP contribution in [0.1, 0.15) is 31.9 Å². The maximum absolute atomic E-state index is 11.8. The summed E-state index contributed by atoms with van der Waals surface area (Å²) in [5.74, 6) is 0.266. The minimum absolute atomic E-state index is 0.0430. The first-order chi connectivity index (χ1) is 12.2.